The molecule has 140 valence electrons. The van der Waals surface area contributed by atoms with Crippen LogP contribution >= 0.6 is 11.6 Å². The molecule has 1 N–H and O–H groups in total. The topological polar surface area (TPSA) is 24.9 Å². The van der Waals surface area contributed by atoms with E-state index in [2.05, 4.69) is 16.9 Å². The Morgan fingerprint density at radius 3 is 2.67 bits per heavy atom. The summed E-state index contributed by atoms with van der Waals surface area (Å²) in [6.45, 7) is 7.79. The molecule has 3 rings (SSSR count). The zero-order valence-corrected chi connectivity index (χ0v) is 16.5. The summed E-state index contributed by atoms with van der Waals surface area (Å²) < 4.78 is 14.7. The summed E-state index contributed by atoms with van der Waals surface area (Å²) in [5, 5.41) is 3.85. The fourth-order valence-corrected chi connectivity index (χ4v) is 3.42. The second-order valence-corrected chi connectivity index (χ2v) is 7.12. The second-order valence-electron chi connectivity index (χ2n) is 6.71. The summed E-state index contributed by atoms with van der Waals surface area (Å²) in [7, 11) is 0. The van der Waals surface area contributed by atoms with E-state index in [4.69, 9.17) is 11.6 Å². The van der Waals surface area contributed by atoms with E-state index in [9.17, 15) is 4.39 Å². The van der Waals surface area contributed by atoms with Crippen molar-refractivity contribution < 1.29 is 4.39 Å². The molecule has 2 nitrogen and oxygen atoms in total. The summed E-state index contributed by atoms with van der Waals surface area (Å²) in [5.41, 5.74) is 6.02. The van der Waals surface area contributed by atoms with Gasteiger partial charge in [-0.15, -0.1) is 0 Å². The largest absolute Gasteiger partial charge is 0.353 e. The van der Waals surface area contributed by atoms with Crippen LogP contribution in [0.1, 0.15) is 43.9 Å². The highest BCUT2D eigenvalue weighted by molar-refractivity contribution is 6.48. The first kappa shape index (κ1) is 19.4. The molecule has 0 amide bonds. The number of benzene rings is 1. The molecule has 0 bridgehead atoms. The number of allylic oxidation sites excluding steroid dienone is 3. The van der Waals surface area contributed by atoms with Gasteiger partial charge in [0.05, 0.1) is 5.69 Å². The van der Waals surface area contributed by atoms with Gasteiger partial charge in [-0.3, -0.25) is 4.98 Å². The van der Waals surface area contributed by atoms with E-state index in [1.807, 2.05) is 32.1 Å². The normalized spacial score (nSPS) is 13.9. The maximum absolute atomic E-state index is 14.7. The maximum Gasteiger partial charge on any atom is 0.147 e. The number of pyridine rings is 1. The van der Waals surface area contributed by atoms with Crippen LogP contribution in [0.3, 0.4) is 0 Å². The third-order valence-corrected chi connectivity index (χ3v) is 5.20. The van der Waals surface area contributed by atoms with Crippen LogP contribution in [-0.2, 0) is 0 Å². The number of rotatable bonds is 6. The number of nitrogens with zero attached hydrogens (tertiary/aromatic N) is 1. The zero-order valence-electron chi connectivity index (χ0n) is 15.8. The minimum absolute atomic E-state index is 0.302. The quantitative estimate of drug-likeness (QED) is 0.570. The highest BCUT2D eigenvalue weighted by Crippen LogP contribution is 2.32. The number of aryl methyl sites for hydroxylation is 1. The molecule has 1 aromatic heterocycles. The van der Waals surface area contributed by atoms with Gasteiger partial charge in [-0.1, -0.05) is 37.2 Å². The average Bonchev–Trinajstić information content (AvgIpc) is 2.61. The molecule has 0 aliphatic heterocycles. The Kier molecular flexibility index (Phi) is 6.12. The smallest absolute Gasteiger partial charge is 0.147 e. The molecule has 1 aliphatic carbocycles. The van der Waals surface area contributed by atoms with Crippen molar-refractivity contribution in [1.29, 1.82) is 0 Å². The number of aromatic nitrogens is 1. The van der Waals surface area contributed by atoms with Crippen molar-refractivity contribution in [3.05, 3.63) is 77.5 Å². The average molecular weight is 383 g/mol. The van der Waals surface area contributed by atoms with Gasteiger partial charge in [0.2, 0.25) is 0 Å². The molecule has 1 saturated carbocycles. The Balaban J connectivity index is 1.91. The molecule has 0 unspecified atom stereocenters. The number of anilines is 1. The van der Waals surface area contributed by atoms with E-state index < -0.39 is 0 Å². The van der Waals surface area contributed by atoms with Crippen LogP contribution in [-0.4, -0.2) is 4.98 Å². The first-order valence-corrected chi connectivity index (χ1v) is 9.65. The van der Waals surface area contributed by atoms with Gasteiger partial charge in [-0.25, -0.2) is 4.39 Å². The summed E-state index contributed by atoms with van der Waals surface area (Å²) in [6, 6.07) is 7.15. The minimum atomic E-state index is -0.302. The maximum atomic E-state index is 14.7. The molecule has 4 heteroatoms. The van der Waals surface area contributed by atoms with Crippen molar-refractivity contribution >= 4 is 22.3 Å². The van der Waals surface area contributed by atoms with Crippen LogP contribution in [0.2, 0.25) is 0 Å². The standard InChI is InChI=1S/C23H24ClFN2/c1-4-7-20(24)19-12-18(14-26-15(19)3)17-10-11-23(21(25)13-17)27-22(5-2)16-8-6-9-16/h5,7,10-14,27H,2,4,6,8-9H2,1,3H3/b20-7+. The molecule has 1 fully saturated rings. The van der Waals surface area contributed by atoms with E-state index in [0.717, 1.165) is 47.3 Å². The SMILES string of the molecule is C=CC(Nc1ccc(-c2cnc(C)c(/C(Cl)=C\CC)c2)cc1F)=C1CCC1. The van der Waals surface area contributed by atoms with E-state index in [1.54, 1.807) is 18.3 Å². The molecular weight excluding hydrogens is 359 g/mol. The fraction of sp³-hybridized carbons (Fsp3) is 0.261. The van der Waals surface area contributed by atoms with Gasteiger partial charge in [0.15, 0.2) is 0 Å². The molecule has 27 heavy (non-hydrogen) atoms. The number of hydrogen-bond donors (Lipinski definition) is 1. The Bertz CT molecular complexity index is 922. The third kappa shape index (κ3) is 4.30. The van der Waals surface area contributed by atoms with E-state index in [1.165, 1.54) is 18.1 Å². The number of nitrogens with one attached hydrogen (secondary N) is 1. The summed E-state index contributed by atoms with van der Waals surface area (Å²) in [5.74, 6) is -0.302. The monoisotopic (exact) mass is 382 g/mol. The van der Waals surface area contributed by atoms with E-state index in [0.29, 0.717) is 10.7 Å². The Hall–Kier alpha value is -2.39. The molecule has 0 atom stereocenters. The molecule has 1 aliphatic rings. The van der Waals surface area contributed by atoms with Crippen molar-refractivity contribution in [2.75, 3.05) is 5.32 Å². The summed E-state index contributed by atoms with van der Waals surface area (Å²) in [4.78, 5) is 4.43. The first-order chi connectivity index (χ1) is 13.0. The molecule has 1 heterocycles. The van der Waals surface area contributed by atoms with Crippen molar-refractivity contribution in [2.45, 2.75) is 39.5 Å². The van der Waals surface area contributed by atoms with Crippen LogP contribution < -0.4 is 5.32 Å². The molecule has 2 aromatic rings. The summed E-state index contributed by atoms with van der Waals surface area (Å²) in [6.07, 6.45) is 9.61. The van der Waals surface area contributed by atoms with Crippen LogP contribution in [0, 0.1) is 12.7 Å². The van der Waals surface area contributed by atoms with Crippen molar-refractivity contribution in [3.8, 4) is 11.1 Å². The highest BCUT2D eigenvalue weighted by Gasteiger charge is 2.15. The first-order valence-electron chi connectivity index (χ1n) is 9.27. The Morgan fingerprint density at radius 1 is 1.30 bits per heavy atom. The minimum Gasteiger partial charge on any atom is -0.353 e. The van der Waals surface area contributed by atoms with Crippen LogP contribution in [0.15, 0.2) is 60.5 Å². The molecule has 0 radical (unpaired) electrons. The Labute approximate surface area is 165 Å². The molecule has 1 aromatic carbocycles. The summed E-state index contributed by atoms with van der Waals surface area (Å²) >= 11 is 6.37. The van der Waals surface area contributed by atoms with Gasteiger partial charge in [0.1, 0.15) is 5.82 Å². The van der Waals surface area contributed by atoms with Gasteiger partial charge in [0.25, 0.3) is 0 Å². The van der Waals surface area contributed by atoms with Crippen molar-refractivity contribution in [3.63, 3.8) is 0 Å². The van der Waals surface area contributed by atoms with Crippen LogP contribution in [0.25, 0.3) is 16.2 Å². The number of halogens is 2. The van der Waals surface area contributed by atoms with Gasteiger partial charge >= 0.3 is 0 Å². The lowest BCUT2D eigenvalue weighted by Gasteiger charge is -2.21. The lowest BCUT2D eigenvalue weighted by Crippen LogP contribution is -2.08. The van der Waals surface area contributed by atoms with Gasteiger partial charge in [0, 0.05) is 33.7 Å². The lowest BCUT2D eigenvalue weighted by atomic mass is 9.90. The predicted molar refractivity (Wildman–Crippen MR) is 113 cm³/mol. The Morgan fingerprint density at radius 2 is 2.07 bits per heavy atom. The second kappa shape index (κ2) is 8.53. The van der Waals surface area contributed by atoms with E-state index >= 15 is 0 Å². The number of hydrogen-bond acceptors (Lipinski definition) is 2. The molecular formula is C23H24ClFN2. The highest BCUT2D eigenvalue weighted by atomic mass is 35.5. The third-order valence-electron chi connectivity index (χ3n) is 4.84. The zero-order chi connectivity index (χ0) is 19.4. The van der Waals surface area contributed by atoms with Gasteiger partial charge in [-0.05, 0) is 68.0 Å². The molecule has 0 saturated heterocycles. The van der Waals surface area contributed by atoms with Gasteiger partial charge < -0.3 is 5.32 Å². The lowest BCUT2D eigenvalue weighted by molar-refractivity contribution is 0.630. The predicted octanol–water partition coefficient (Wildman–Crippen LogP) is 7.22. The van der Waals surface area contributed by atoms with Crippen molar-refractivity contribution in [2.24, 2.45) is 0 Å². The van der Waals surface area contributed by atoms with Crippen molar-refractivity contribution in [1.82, 2.24) is 4.98 Å². The fourth-order valence-electron chi connectivity index (χ4n) is 3.07. The molecule has 0 spiro atoms. The van der Waals surface area contributed by atoms with Crippen LogP contribution in [0.5, 0.6) is 0 Å². The van der Waals surface area contributed by atoms with E-state index in [-0.39, 0.29) is 5.82 Å². The van der Waals surface area contributed by atoms with Crippen LogP contribution in [0.4, 0.5) is 10.1 Å². The van der Waals surface area contributed by atoms with Gasteiger partial charge in [-0.2, -0.15) is 0 Å².